The van der Waals surface area contributed by atoms with Gasteiger partial charge in [-0.25, -0.2) is 9.79 Å². The number of benzene rings is 2. The van der Waals surface area contributed by atoms with Crippen molar-refractivity contribution in [1.29, 1.82) is 0 Å². The van der Waals surface area contributed by atoms with Crippen LogP contribution in [0.15, 0.2) is 54.3 Å². The van der Waals surface area contributed by atoms with Crippen LogP contribution < -0.4 is 33.8 Å². The van der Waals surface area contributed by atoms with Gasteiger partial charge in [-0.3, -0.25) is 9.36 Å². The molecule has 0 fully saturated rings. The largest absolute Gasteiger partial charge is 0.493 e. The van der Waals surface area contributed by atoms with E-state index in [4.69, 9.17) is 23.7 Å². The topological polar surface area (TPSA) is 97.6 Å². The van der Waals surface area contributed by atoms with Gasteiger partial charge in [0.15, 0.2) is 27.8 Å². The zero-order chi connectivity index (χ0) is 29.1. The van der Waals surface area contributed by atoms with Crippen molar-refractivity contribution in [3.05, 3.63) is 75.3 Å². The molecule has 0 saturated heterocycles. The first-order chi connectivity index (χ1) is 19.2. The van der Waals surface area contributed by atoms with E-state index < -0.39 is 12.0 Å². The summed E-state index contributed by atoms with van der Waals surface area (Å²) in [6.07, 6.45) is 1.76. The summed E-state index contributed by atoms with van der Waals surface area (Å²) in [5, 5.41) is 0. The van der Waals surface area contributed by atoms with Crippen LogP contribution >= 0.6 is 43.2 Å². The Morgan fingerprint density at radius 1 is 1.00 bits per heavy atom. The molecule has 4 rings (SSSR count). The van der Waals surface area contributed by atoms with E-state index >= 15 is 0 Å². The molecule has 0 unspecified atom stereocenters. The highest BCUT2D eigenvalue weighted by Gasteiger charge is 2.35. The number of allylic oxidation sites excluding steroid dienone is 1. The zero-order valence-corrected chi connectivity index (χ0v) is 26.8. The maximum atomic E-state index is 14.0. The van der Waals surface area contributed by atoms with Crippen molar-refractivity contribution in [3.63, 3.8) is 0 Å². The van der Waals surface area contributed by atoms with Crippen molar-refractivity contribution in [2.75, 3.05) is 34.5 Å². The molecule has 3 aromatic rings. The molecule has 1 atom stereocenters. The molecule has 0 spiro atoms. The van der Waals surface area contributed by atoms with E-state index in [-0.39, 0.29) is 17.7 Å². The molecule has 40 heavy (non-hydrogen) atoms. The van der Waals surface area contributed by atoms with E-state index in [1.807, 2.05) is 13.0 Å². The molecule has 1 aliphatic rings. The van der Waals surface area contributed by atoms with E-state index in [0.717, 1.165) is 5.56 Å². The van der Waals surface area contributed by atoms with Gasteiger partial charge in [-0.1, -0.05) is 27.3 Å². The van der Waals surface area contributed by atoms with Crippen LogP contribution in [-0.4, -0.2) is 45.1 Å². The van der Waals surface area contributed by atoms with E-state index in [2.05, 4.69) is 36.9 Å². The van der Waals surface area contributed by atoms with Gasteiger partial charge in [-0.15, -0.1) is 0 Å². The number of methoxy groups -OCH3 is 3. The fraction of sp³-hybridized carbons (Fsp3) is 0.321. The van der Waals surface area contributed by atoms with E-state index in [1.54, 1.807) is 45.2 Å². The van der Waals surface area contributed by atoms with Crippen LogP contribution in [-0.2, 0) is 9.53 Å². The Kier molecular flexibility index (Phi) is 9.42. The summed E-state index contributed by atoms with van der Waals surface area (Å²) in [7, 11) is 4.62. The lowest BCUT2D eigenvalue weighted by Gasteiger charge is -2.26. The number of fused-ring (bicyclic) bond motifs is 1. The van der Waals surface area contributed by atoms with E-state index in [0.29, 0.717) is 59.1 Å². The van der Waals surface area contributed by atoms with E-state index in [9.17, 15) is 9.59 Å². The van der Waals surface area contributed by atoms with Crippen molar-refractivity contribution in [1.82, 2.24) is 4.57 Å². The first-order valence-corrected chi connectivity index (χ1v) is 14.7. The van der Waals surface area contributed by atoms with Crippen molar-refractivity contribution in [2.24, 2.45) is 4.99 Å². The molecule has 0 amide bonds. The highest BCUT2D eigenvalue weighted by Crippen LogP contribution is 2.41. The number of ether oxygens (including phenoxy) is 5. The Balaban J connectivity index is 1.98. The fourth-order valence-electron chi connectivity index (χ4n) is 4.42. The van der Waals surface area contributed by atoms with Crippen molar-refractivity contribution in [2.45, 2.75) is 26.8 Å². The monoisotopic (exact) mass is 694 g/mol. The SMILES string of the molecule is CCOC(=O)C1=C(C)N=c2s/c(=C\c3cc(Br)c(OCC)c(OC)c3)c(=O)n2[C@H]1c1cc(OC)c(OC)cc1Br. The minimum atomic E-state index is -0.826. The van der Waals surface area contributed by atoms with Crippen LogP contribution in [0.3, 0.4) is 0 Å². The third kappa shape index (κ3) is 5.57. The summed E-state index contributed by atoms with van der Waals surface area (Å²) in [5.41, 5.74) is 1.76. The predicted molar refractivity (Wildman–Crippen MR) is 160 cm³/mol. The van der Waals surface area contributed by atoms with Gasteiger partial charge in [-0.2, -0.15) is 0 Å². The van der Waals surface area contributed by atoms with Crippen LogP contribution in [0.5, 0.6) is 23.0 Å². The summed E-state index contributed by atoms with van der Waals surface area (Å²) >= 11 is 8.38. The minimum absolute atomic E-state index is 0.175. The standard InChI is InChI=1S/C28H28Br2N2O7S/c1-7-38-25-18(30)9-15(10-21(25)37-6)11-22-26(33)32-24(16-12-19(35-4)20(36-5)13-17(16)29)23(27(34)39-8-2)14(3)31-28(32)40-22/h9-13,24H,7-8H2,1-6H3/b22-11-/t24-/m0/s1. The zero-order valence-electron chi connectivity index (χ0n) is 22.8. The molecule has 0 bridgehead atoms. The van der Waals surface area contributed by atoms with Crippen molar-refractivity contribution in [3.8, 4) is 23.0 Å². The highest BCUT2D eigenvalue weighted by molar-refractivity contribution is 9.10. The molecular formula is C28H28Br2N2O7S. The maximum absolute atomic E-state index is 14.0. The Bertz CT molecular complexity index is 1680. The number of hydrogen-bond acceptors (Lipinski definition) is 9. The number of esters is 1. The Labute approximate surface area is 251 Å². The number of halogens is 2. The lowest BCUT2D eigenvalue weighted by Crippen LogP contribution is -2.40. The third-order valence-corrected chi connectivity index (χ3v) is 8.41. The molecular weight excluding hydrogens is 668 g/mol. The van der Waals surface area contributed by atoms with E-state index in [1.165, 1.54) is 30.1 Å². The van der Waals surface area contributed by atoms with Crippen molar-refractivity contribution < 1.29 is 28.5 Å². The molecule has 1 aliphatic heterocycles. The number of nitrogens with zero attached hydrogens (tertiary/aromatic N) is 2. The smallest absolute Gasteiger partial charge is 0.338 e. The predicted octanol–water partition coefficient (Wildman–Crippen LogP) is 4.75. The Hall–Kier alpha value is -3.09. The molecule has 12 heteroatoms. The van der Waals surface area contributed by atoms with Crippen LogP contribution in [0.2, 0.25) is 0 Å². The van der Waals surface area contributed by atoms with Crippen LogP contribution in [0, 0.1) is 0 Å². The normalized spacial score (nSPS) is 14.9. The molecule has 2 heterocycles. The molecule has 9 nitrogen and oxygen atoms in total. The molecule has 212 valence electrons. The molecule has 0 saturated carbocycles. The van der Waals surface area contributed by atoms with Crippen molar-refractivity contribution >= 4 is 55.2 Å². The van der Waals surface area contributed by atoms with Crippen LogP contribution in [0.4, 0.5) is 0 Å². The van der Waals surface area contributed by atoms with Gasteiger partial charge in [0, 0.05) is 4.47 Å². The second kappa shape index (κ2) is 12.6. The number of thiazole rings is 1. The molecule has 0 radical (unpaired) electrons. The maximum Gasteiger partial charge on any atom is 0.338 e. The van der Waals surface area contributed by atoms with Gasteiger partial charge in [-0.05, 0) is 78.2 Å². The lowest BCUT2D eigenvalue weighted by molar-refractivity contribution is -0.139. The summed E-state index contributed by atoms with van der Waals surface area (Å²) in [6.45, 7) is 6.00. The summed E-state index contributed by atoms with van der Waals surface area (Å²) < 4.78 is 30.8. The quantitative estimate of drug-likeness (QED) is 0.298. The van der Waals surface area contributed by atoms with Gasteiger partial charge >= 0.3 is 5.97 Å². The fourth-order valence-corrected chi connectivity index (χ4v) is 6.58. The second-order valence-electron chi connectivity index (χ2n) is 8.50. The molecule has 0 N–H and O–H groups in total. The Morgan fingerprint density at radius 3 is 2.30 bits per heavy atom. The van der Waals surface area contributed by atoms with Gasteiger partial charge < -0.3 is 23.7 Å². The molecule has 0 aliphatic carbocycles. The average Bonchev–Trinajstić information content (AvgIpc) is 3.23. The first-order valence-electron chi connectivity index (χ1n) is 12.3. The number of carbonyl (C=O) groups is 1. The summed E-state index contributed by atoms with van der Waals surface area (Å²) in [4.78, 5) is 32.3. The highest BCUT2D eigenvalue weighted by atomic mass is 79.9. The number of aromatic nitrogens is 1. The first kappa shape index (κ1) is 29.9. The van der Waals surface area contributed by atoms with Gasteiger partial charge in [0.25, 0.3) is 5.56 Å². The number of carbonyl (C=O) groups excluding carboxylic acids is 1. The lowest BCUT2D eigenvalue weighted by atomic mass is 9.95. The van der Waals surface area contributed by atoms with Crippen LogP contribution in [0.25, 0.3) is 6.08 Å². The van der Waals surface area contributed by atoms with Crippen LogP contribution in [0.1, 0.15) is 37.9 Å². The molecule has 2 aromatic carbocycles. The minimum Gasteiger partial charge on any atom is -0.493 e. The second-order valence-corrected chi connectivity index (χ2v) is 11.2. The summed E-state index contributed by atoms with van der Waals surface area (Å²) in [5.74, 6) is 1.51. The Morgan fingerprint density at radius 2 is 1.68 bits per heavy atom. The average molecular weight is 696 g/mol. The molecule has 1 aromatic heterocycles. The van der Waals surface area contributed by atoms with Gasteiger partial charge in [0.05, 0.1) is 60.9 Å². The number of hydrogen-bond donors (Lipinski definition) is 0. The van der Waals surface area contributed by atoms with Gasteiger partial charge in [0.2, 0.25) is 0 Å². The number of rotatable bonds is 9. The summed E-state index contributed by atoms with van der Waals surface area (Å²) in [6, 6.07) is 6.31. The third-order valence-electron chi connectivity index (χ3n) is 6.15. The van der Waals surface area contributed by atoms with Gasteiger partial charge in [0.1, 0.15) is 0 Å².